The minimum atomic E-state index is 0.719. The van der Waals surface area contributed by atoms with Crippen molar-refractivity contribution in [3.05, 3.63) is 0 Å². The molecule has 1 saturated carbocycles. The van der Waals surface area contributed by atoms with Gasteiger partial charge in [0.15, 0.2) is 0 Å². The van der Waals surface area contributed by atoms with Gasteiger partial charge < -0.3 is 5.32 Å². The van der Waals surface area contributed by atoms with Gasteiger partial charge in [0.1, 0.15) is 0 Å². The van der Waals surface area contributed by atoms with E-state index in [9.17, 15) is 0 Å². The van der Waals surface area contributed by atoms with E-state index in [1.54, 1.807) is 0 Å². The summed E-state index contributed by atoms with van der Waals surface area (Å²) in [6.07, 6.45) is 11.5. The van der Waals surface area contributed by atoms with Crippen LogP contribution in [0.3, 0.4) is 0 Å². The molecule has 0 spiro atoms. The Balaban J connectivity index is 1.49. The topological polar surface area (TPSA) is 15.3 Å². The maximum absolute atomic E-state index is 3.93. The van der Waals surface area contributed by atoms with E-state index < -0.39 is 0 Å². The molecule has 2 atom stereocenters. The van der Waals surface area contributed by atoms with Crippen LogP contribution in [0.1, 0.15) is 58.3 Å². The Hall–Kier alpha value is -0.0800. The Labute approximate surface area is 106 Å². The molecule has 0 aromatic rings. The summed E-state index contributed by atoms with van der Waals surface area (Å²) in [5.41, 5.74) is 0.719. The fourth-order valence-corrected chi connectivity index (χ4v) is 4.06. The Morgan fingerprint density at radius 2 is 2.06 bits per heavy atom. The second-order valence-electron chi connectivity index (χ2n) is 6.63. The van der Waals surface area contributed by atoms with Gasteiger partial charge in [-0.25, -0.2) is 0 Å². The van der Waals surface area contributed by atoms with Crippen LogP contribution in [-0.4, -0.2) is 36.6 Å². The molecule has 1 aliphatic carbocycles. The lowest BCUT2D eigenvalue weighted by molar-refractivity contribution is 0.177. The highest BCUT2D eigenvalue weighted by atomic mass is 15.2. The van der Waals surface area contributed by atoms with E-state index in [1.165, 1.54) is 71.0 Å². The monoisotopic (exact) mass is 236 g/mol. The van der Waals surface area contributed by atoms with Crippen molar-refractivity contribution in [2.24, 2.45) is 5.41 Å². The summed E-state index contributed by atoms with van der Waals surface area (Å²) >= 11 is 0. The van der Waals surface area contributed by atoms with Crippen molar-refractivity contribution >= 4 is 0 Å². The SMILES string of the molecule is CCCC1(CNC2CCN3CCCCC23)CC1. The lowest BCUT2D eigenvalue weighted by Gasteiger charge is -2.33. The molecule has 0 amide bonds. The maximum Gasteiger partial charge on any atom is 0.0249 e. The van der Waals surface area contributed by atoms with Crippen LogP contribution >= 0.6 is 0 Å². The van der Waals surface area contributed by atoms with Crippen LogP contribution in [-0.2, 0) is 0 Å². The molecule has 98 valence electrons. The zero-order chi connectivity index (χ0) is 11.7. The minimum absolute atomic E-state index is 0.719. The van der Waals surface area contributed by atoms with Gasteiger partial charge in [0.05, 0.1) is 0 Å². The molecule has 2 nitrogen and oxygen atoms in total. The first kappa shape index (κ1) is 12.0. The summed E-state index contributed by atoms with van der Waals surface area (Å²) < 4.78 is 0. The number of fused-ring (bicyclic) bond motifs is 1. The summed E-state index contributed by atoms with van der Waals surface area (Å²) in [5, 5.41) is 3.93. The van der Waals surface area contributed by atoms with Crippen LogP contribution in [0.15, 0.2) is 0 Å². The number of hydrogen-bond donors (Lipinski definition) is 1. The van der Waals surface area contributed by atoms with Crippen molar-refractivity contribution in [3.63, 3.8) is 0 Å². The van der Waals surface area contributed by atoms with Gasteiger partial charge in [0, 0.05) is 25.2 Å². The van der Waals surface area contributed by atoms with Crippen molar-refractivity contribution in [1.29, 1.82) is 0 Å². The summed E-state index contributed by atoms with van der Waals surface area (Å²) in [6, 6.07) is 1.69. The number of hydrogen-bond acceptors (Lipinski definition) is 2. The highest BCUT2D eigenvalue weighted by Crippen LogP contribution is 2.49. The Morgan fingerprint density at radius 3 is 2.82 bits per heavy atom. The molecule has 2 saturated heterocycles. The van der Waals surface area contributed by atoms with Crippen LogP contribution < -0.4 is 5.32 Å². The average molecular weight is 236 g/mol. The van der Waals surface area contributed by atoms with Crippen molar-refractivity contribution in [2.45, 2.75) is 70.4 Å². The molecule has 2 heteroatoms. The smallest absolute Gasteiger partial charge is 0.0249 e. The predicted molar refractivity (Wildman–Crippen MR) is 72.2 cm³/mol. The van der Waals surface area contributed by atoms with Crippen LogP contribution in [0.25, 0.3) is 0 Å². The van der Waals surface area contributed by atoms with Gasteiger partial charge in [0.2, 0.25) is 0 Å². The minimum Gasteiger partial charge on any atom is -0.312 e. The van der Waals surface area contributed by atoms with Gasteiger partial charge in [-0.2, -0.15) is 0 Å². The number of piperidine rings is 1. The number of rotatable bonds is 5. The highest BCUT2D eigenvalue weighted by molar-refractivity contribution is 4.99. The van der Waals surface area contributed by atoms with Crippen molar-refractivity contribution < 1.29 is 0 Å². The second-order valence-corrected chi connectivity index (χ2v) is 6.63. The quantitative estimate of drug-likeness (QED) is 0.789. The molecule has 17 heavy (non-hydrogen) atoms. The molecule has 2 aliphatic heterocycles. The molecule has 2 unspecified atom stereocenters. The Morgan fingerprint density at radius 1 is 1.18 bits per heavy atom. The van der Waals surface area contributed by atoms with E-state index in [2.05, 4.69) is 17.1 Å². The fraction of sp³-hybridized carbons (Fsp3) is 1.00. The first-order valence-corrected chi connectivity index (χ1v) is 7.80. The van der Waals surface area contributed by atoms with E-state index >= 15 is 0 Å². The van der Waals surface area contributed by atoms with Gasteiger partial charge in [-0.15, -0.1) is 0 Å². The molecule has 1 N–H and O–H groups in total. The van der Waals surface area contributed by atoms with Crippen LogP contribution in [0.4, 0.5) is 0 Å². The van der Waals surface area contributed by atoms with Gasteiger partial charge in [-0.1, -0.05) is 19.8 Å². The Kier molecular flexibility index (Phi) is 3.45. The summed E-state index contributed by atoms with van der Waals surface area (Å²) in [6.45, 7) is 6.35. The second kappa shape index (κ2) is 4.89. The molecular formula is C15H28N2. The Bertz CT molecular complexity index is 260. The van der Waals surface area contributed by atoms with Gasteiger partial charge >= 0.3 is 0 Å². The zero-order valence-electron chi connectivity index (χ0n) is 11.4. The third kappa shape index (κ3) is 2.53. The van der Waals surface area contributed by atoms with Crippen LogP contribution in [0, 0.1) is 5.41 Å². The predicted octanol–water partition coefficient (Wildman–Crippen LogP) is 2.78. The summed E-state index contributed by atoms with van der Waals surface area (Å²) in [7, 11) is 0. The summed E-state index contributed by atoms with van der Waals surface area (Å²) in [4.78, 5) is 2.74. The molecule has 0 bridgehead atoms. The van der Waals surface area contributed by atoms with Crippen LogP contribution in [0.2, 0.25) is 0 Å². The normalized spacial score (nSPS) is 35.8. The largest absolute Gasteiger partial charge is 0.312 e. The number of nitrogens with one attached hydrogen (secondary N) is 1. The molecule has 0 aromatic carbocycles. The van der Waals surface area contributed by atoms with Crippen molar-refractivity contribution in [1.82, 2.24) is 10.2 Å². The third-order valence-electron chi connectivity index (χ3n) is 5.33. The van der Waals surface area contributed by atoms with E-state index in [0.717, 1.165) is 17.5 Å². The molecule has 3 aliphatic rings. The van der Waals surface area contributed by atoms with Crippen molar-refractivity contribution in [2.75, 3.05) is 19.6 Å². The fourth-order valence-electron chi connectivity index (χ4n) is 4.06. The van der Waals surface area contributed by atoms with E-state index in [4.69, 9.17) is 0 Å². The van der Waals surface area contributed by atoms with Crippen molar-refractivity contribution in [3.8, 4) is 0 Å². The standard InChI is InChI=1S/C15H28N2/c1-2-7-15(8-9-15)12-16-13-6-11-17-10-4-3-5-14(13)17/h13-14,16H,2-12H2,1H3. The van der Waals surface area contributed by atoms with Gasteiger partial charge in [-0.05, 0) is 50.5 Å². The van der Waals surface area contributed by atoms with Gasteiger partial charge in [0.25, 0.3) is 0 Å². The lowest BCUT2D eigenvalue weighted by Crippen LogP contribution is -2.46. The maximum atomic E-state index is 3.93. The molecular weight excluding hydrogens is 208 g/mol. The van der Waals surface area contributed by atoms with E-state index in [1.807, 2.05) is 0 Å². The first-order valence-electron chi connectivity index (χ1n) is 7.80. The average Bonchev–Trinajstić information content (AvgIpc) is 3.00. The first-order chi connectivity index (χ1) is 8.33. The lowest BCUT2D eigenvalue weighted by atomic mass is 9.96. The van der Waals surface area contributed by atoms with Gasteiger partial charge in [-0.3, -0.25) is 4.90 Å². The molecule has 3 rings (SSSR count). The zero-order valence-corrected chi connectivity index (χ0v) is 11.4. The number of nitrogens with zero attached hydrogens (tertiary/aromatic N) is 1. The summed E-state index contributed by atoms with van der Waals surface area (Å²) in [5.74, 6) is 0. The molecule has 2 heterocycles. The van der Waals surface area contributed by atoms with E-state index in [-0.39, 0.29) is 0 Å². The molecule has 0 radical (unpaired) electrons. The van der Waals surface area contributed by atoms with E-state index in [0.29, 0.717) is 0 Å². The molecule has 3 fully saturated rings. The van der Waals surface area contributed by atoms with Crippen LogP contribution in [0.5, 0.6) is 0 Å². The highest BCUT2D eigenvalue weighted by Gasteiger charge is 2.43. The molecule has 0 aromatic heterocycles. The third-order valence-corrected chi connectivity index (χ3v) is 5.33.